The molecule has 1 unspecified atom stereocenters. The number of aromatic hydroxyl groups is 1. The number of hydrogen-bond acceptors (Lipinski definition) is 5. The third-order valence-corrected chi connectivity index (χ3v) is 4.30. The fourth-order valence-corrected chi connectivity index (χ4v) is 2.68. The second-order valence-electron chi connectivity index (χ2n) is 3.08. The summed E-state index contributed by atoms with van der Waals surface area (Å²) >= 11 is 0. The van der Waals surface area contributed by atoms with Crippen LogP contribution in [0.3, 0.4) is 0 Å². The van der Waals surface area contributed by atoms with Crippen molar-refractivity contribution in [2.75, 3.05) is 21.3 Å². The lowest BCUT2D eigenvalue weighted by molar-refractivity contribution is 0.123. The molecule has 1 N–H and O–H groups in total. The van der Waals surface area contributed by atoms with Crippen LogP contribution in [0, 0.1) is 0 Å². The first-order valence-corrected chi connectivity index (χ1v) is 6.21. The van der Waals surface area contributed by atoms with Crippen molar-refractivity contribution in [1.29, 1.82) is 0 Å². The van der Waals surface area contributed by atoms with Crippen LogP contribution in [-0.2, 0) is 18.3 Å². The highest BCUT2D eigenvalue weighted by molar-refractivity contribution is 7.54. The van der Waals surface area contributed by atoms with Gasteiger partial charge in [0.15, 0.2) is 5.85 Å². The SMILES string of the molecule is COC(c1ccc(O)cc1)P(=O)(OC)OC. The summed E-state index contributed by atoms with van der Waals surface area (Å²) in [7, 11) is 0.691. The van der Waals surface area contributed by atoms with Gasteiger partial charge in [-0.15, -0.1) is 0 Å². The van der Waals surface area contributed by atoms with Gasteiger partial charge in [0.25, 0.3) is 0 Å². The van der Waals surface area contributed by atoms with Gasteiger partial charge in [0, 0.05) is 21.3 Å². The Hall–Kier alpha value is -0.870. The van der Waals surface area contributed by atoms with Gasteiger partial charge in [-0.05, 0) is 17.7 Å². The summed E-state index contributed by atoms with van der Waals surface area (Å²) in [4.78, 5) is 0. The molecule has 0 saturated heterocycles. The van der Waals surface area contributed by atoms with E-state index >= 15 is 0 Å². The number of phenols is 1. The first-order chi connectivity index (χ1) is 7.57. The van der Waals surface area contributed by atoms with Crippen molar-refractivity contribution in [2.24, 2.45) is 0 Å². The van der Waals surface area contributed by atoms with Crippen molar-refractivity contribution in [3.05, 3.63) is 29.8 Å². The van der Waals surface area contributed by atoms with E-state index in [9.17, 15) is 4.57 Å². The van der Waals surface area contributed by atoms with Crippen LogP contribution in [0.25, 0.3) is 0 Å². The lowest BCUT2D eigenvalue weighted by atomic mass is 10.2. The zero-order valence-electron chi connectivity index (χ0n) is 9.41. The lowest BCUT2D eigenvalue weighted by Gasteiger charge is -2.23. The summed E-state index contributed by atoms with van der Waals surface area (Å²) in [5, 5.41) is 9.16. The quantitative estimate of drug-likeness (QED) is 0.808. The minimum atomic E-state index is -3.33. The van der Waals surface area contributed by atoms with Crippen LogP contribution in [0.1, 0.15) is 11.4 Å². The van der Waals surface area contributed by atoms with E-state index in [2.05, 4.69) is 0 Å². The molecule has 16 heavy (non-hydrogen) atoms. The van der Waals surface area contributed by atoms with Crippen molar-refractivity contribution in [1.82, 2.24) is 0 Å². The summed E-state index contributed by atoms with van der Waals surface area (Å²) in [5.74, 6) is -0.675. The third kappa shape index (κ3) is 2.62. The Balaban J connectivity index is 3.07. The zero-order valence-corrected chi connectivity index (χ0v) is 10.3. The molecule has 0 spiro atoms. The molecule has 0 bridgehead atoms. The van der Waals surface area contributed by atoms with Gasteiger partial charge >= 0.3 is 7.60 Å². The summed E-state index contributed by atoms with van der Waals surface area (Å²) in [6.45, 7) is 0. The summed E-state index contributed by atoms with van der Waals surface area (Å²) in [6.07, 6.45) is 0. The summed E-state index contributed by atoms with van der Waals surface area (Å²) in [6, 6.07) is 6.18. The van der Waals surface area contributed by atoms with Gasteiger partial charge in [0.2, 0.25) is 0 Å². The molecule has 0 heterocycles. The van der Waals surface area contributed by atoms with Gasteiger partial charge < -0.3 is 18.9 Å². The summed E-state index contributed by atoms with van der Waals surface area (Å²) in [5.41, 5.74) is 0.618. The molecule has 0 amide bonds. The molecule has 1 atom stereocenters. The largest absolute Gasteiger partial charge is 0.508 e. The summed E-state index contributed by atoms with van der Waals surface area (Å²) < 4.78 is 27.0. The molecule has 0 aliphatic carbocycles. The van der Waals surface area contributed by atoms with Crippen LogP contribution < -0.4 is 0 Å². The van der Waals surface area contributed by atoms with E-state index in [1.54, 1.807) is 12.1 Å². The van der Waals surface area contributed by atoms with E-state index in [0.29, 0.717) is 5.56 Å². The average Bonchev–Trinajstić information content (AvgIpc) is 2.32. The maximum Gasteiger partial charge on any atom is 0.363 e. The van der Waals surface area contributed by atoms with Crippen LogP contribution in [0.2, 0.25) is 0 Å². The first-order valence-electron chi connectivity index (χ1n) is 4.60. The van der Waals surface area contributed by atoms with Gasteiger partial charge in [-0.2, -0.15) is 0 Å². The highest BCUT2D eigenvalue weighted by Gasteiger charge is 2.35. The molecule has 0 saturated carbocycles. The Kier molecular flexibility index (Phi) is 4.50. The fourth-order valence-electron chi connectivity index (χ4n) is 1.35. The maximum atomic E-state index is 12.1. The van der Waals surface area contributed by atoms with Gasteiger partial charge in [0.1, 0.15) is 5.75 Å². The van der Waals surface area contributed by atoms with Crippen molar-refractivity contribution in [2.45, 2.75) is 5.85 Å². The highest BCUT2D eigenvalue weighted by atomic mass is 31.2. The standard InChI is InChI=1S/C10H15O5P/c1-13-10(16(12,14-2)15-3)8-4-6-9(11)7-5-8/h4-7,10-11H,1-3H3. The van der Waals surface area contributed by atoms with Gasteiger partial charge in [0.05, 0.1) is 0 Å². The van der Waals surface area contributed by atoms with Crippen LogP contribution in [0.4, 0.5) is 0 Å². The Morgan fingerprint density at radius 2 is 1.62 bits per heavy atom. The second-order valence-corrected chi connectivity index (χ2v) is 5.36. The molecular weight excluding hydrogens is 231 g/mol. The van der Waals surface area contributed by atoms with E-state index in [1.807, 2.05) is 0 Å². The Labute approximate surface area is 94.5 Å². The first kappa shape index (κ1) is 13.2. The molecule has 0 aliphatic rings. The Morgan fingerprint density at radius 3 is 2.00 bits per heavy atom. The van der Waals surface area contributed by atoms with Crippen molar-refractivity contribution in [3.8, 4) is 5.75 Å². The second kappa shape index (κ2) is 5.46. The van der Waals surface area contributed by atoms with Crippen molar-refractivity contribution in [3.63, 3.8) is 0 Å². The molecule has 0 aromatic heterocycles. The number of phenolic OH excluding ortho intramolecular Hbond substituents is 1. The Morgan fingerprint density at radius 1 is 1.12 bits per heavy atom. The minimum absolute atomic E-state index is 0.128. The van der Waals surface area contributed by atoms with Gasteiger partial charge in [-0.3, -0.25) is 4.57 Å². The molecule has 1 rings (SSSR count). The van der Waals surface area contributed by atoms with Crippen molar-refractivity contribution < 1.29 is 23.5 Å². The van der Waals surface area contributed by atoms with Gasteiger partial charge in [-0.25, -0.2) is 0 Å². The Bertz CT molecular complexity index is 367. The van der Waals surface area contributed by atoms with Gasteiger partial charge in [-0.1, -0.05) is 12.1 Å². The number of hydrogen-bond donors (Lipinski definition) is 1. The van der Waals surface area contributed by atoms with E-state index in [1.165, 1.54) is 33.5 Å². The third-order valence-electron chi connectivity index (χ3n) is 2.20. The zero-order chi connectivity index (χ0) is 12.2. The molecule has 90 valence electrons. The molecule has 0 fully saturated rings. The normalized spacial score (nSPS) is 13.7. The van der Waals surface area contributed by atoms with E-state index in [4.69, 9.17) is 18.9 Å². The van der Waals surface area contributed by atoms with Crippen molar-refractivity contribution >= 4 is 7.60 Å². The van der Waals surface area contributed by atoms with E-state index in [-0.39, 0.29) is 5.75 Å². The molecular formula is C10H15O5P. The molecule has 5 nitrogen and oxygen atoms in total. The van der Waals surface area contributed by atoms with E-state index < -0.39 is 13.4 Å². The fraction of sp³-hybridized carbons (Fsp3) is 0.400. The molecule has 6 heteroatoms. The topological polar surface area (TPSA) is 65.0 Å². The maximum absolute atomic E-state index is 12.1. The molecule has 1 aromatic carbocycles. The minimum Gasteiger partial charge on any atom is -0.508 e. The number of benzene rings is 1. The monoisotopic (exact) mass is 246 g/mol. The van der Waals surface area contributed by atoms with Crippen LogP contribution in [-0.4, -0.2) is 26.4 Å². The lowest BCUT2D eigenvalue weighted by Crippen LogP contribution is -2.05. The smallest absolute Gasteiger partial charge is 0.363 e. The average molecular weight is 246 g/mol. The predicted octanol–water partition coefficient (Wildman–Crippen LogP) is 2.52. The predicted molar refractivity (Wildman–Crippen MR) is 59.5 cm³/mol. The number of ether oxygens (including phenoxy) is 1. The van der Waals surface area contributed by atoms with E-state index in [0.717, 1.165) is 0 Å². The molecule has 1 aromatic rings. The molecule has 0 aliphatic heterocycles. The molecule has 0 radical (unpaired) electrons. The van der Waals surface area contributed by atoms with Crippen LogP contribution >= 0.6 is 7.60 Å². The van der Waals surface area contributed by atoms with Crippen LogP contribution in [0.5, 0.6) is 5.75 Å². The number of methoxy groups -OCH3 is 1. The number of rotatable bonds is 5. The van der Waals surface area contributed by atoms with Crippen LogP contribution in [0.15, 0.2) is 24.3 Å². The highest BCUT2D eigenvalue weighted by Crippen LogP contribution is 2.60.